The number of aromatic nitrogens is 2. The number of halogens is 1. The van der Waals surface area contributed by atoms with Gasteiger partial charge in [0.2, 0.25) is 10.0 Å². The standard InChI is InChI=1S/C13H16BrN3O2S/c1-3-13-10(9-17(2)16-13)8-15-20(18,19)12-6-4-5-11(14)7-12/h4-7,9,15H,3,8H2,1-2H3. The summed E-state index contributed by atoms with van der Waals surface area (Å²) >= 11 is 3.27. The summed E-state index contributed by atoms with van der Waals surface area (Å²) in [5.41, 5.74) is 1.80. The van der Waals surface area contributed by atoms with E-state index in [0.29, 0.717) is 0 Å². The van der Waals surface area contributed by atoms with E-state index in [1.165, 1.54) is 0 Å². The second kappa shape index (κ2) is 6.07. The molecule has 0 aliphatic heterocycles. The van der Waals surface area contributed by atoms with Crippen molar-refractivity contribution in [1.29, 1.82) is 0 Å². The fourth-order valence-electron chi connectivity index (χ4n) is 1.92. The highest BCUT2D eigenvalue weighted by Gasteiger charge is 2.15. The Kier molecular flexibility index (Phi) is 4.62. The average Bonchev–Trinajstić information content (AvgIpc) is 2.77. The first-order chi connectivity index (χ1) is 9.42. The Morgan fingerprint density at radius 1 is 1.40 bits per heavy atom. The number of nitrogens with one attached hydrogen (secondary N) is 1. The van der Waals surface area contributed by atoms with E-state index in [9.17, 15) is 8.42 Å². The topological polar surface area (TPSA) is 64.0 Å². The van der Waals surface area contributed by atoms with Crippen LogP contribution in [0.3, 0.4) is 0 Å². The van der Waals surface area contributed by atoms with Gasteiger partial charge >= 0.3 is 0 Å². The van der Waals surface area contributed by atoms with Crippen LogP contribution in [0.1, 0.15) is 18.2 Å². The van der Waals surface area contributed by atoms with Gasteiger partial charge in [0.05, 0.1) is 10.6 Å². The van der Waals surface area contributed by atoms with Crippen LogP contribution >= 0.6 is 15.9 Å². The van der Waals surface area contributed by atoms with Gasteiger partial charge in [-0.05, 0) is 24.6 Å². The molecule has 1 heterocycles. The highest BCUT2D eigenvalue weighted by molar-refractivity contribution is 9.10. The second-order valence-electron chi connectivity index (χ2n) is 4.41. The molecule has 0 fully saturated rings. The van der Waals surface area contributed by atoms with Crippen molar-refractivity contribution in [2.45, 2.75) is 24.8 Å². The van der Waals surface area contributed by atoms with E-state index < -0.39 is 10.0 Å². The van der Waals surface area contributed by atoms with Crippen LogP contribution in [0, 0.1) is 0 Å². The first-order valence-corrected chi connectivity index (χ1v) is 8.46. The van der Waals surface area contributed by atoms with Crippen LogP contribution in [-0.2, 0) is 30.0 Å². The van der Waals surface area contributed by atoms with Gasteiger partial charge in [0, 0.05) is 29.8 Å². The molecule has 0 radical (unpaired) electrons. The monoisotopic (exact) mass is 357 g/mol. The van der Waals surface area contributed by atoms with Crippen LogP contribution in [0.25, 0.3) is 0 Å². The molecule has 7 heteroatoms. The van der Waals surface area contributed by atoms with Crippen LogP contribution < -0.4 is 4.72 Å². The van der Waals surface area contributed by atoms with E-state index in [1.807, 2.05) is 20.2 Å². The Morgan fingerprint density at radius 3 is 2.80 bits per heavy atom. The summed E-state index contributed by atoms with van der Waals surface area (Å²) in [4.78, 5) is 0.244. The van der Waals surface area contributed by atoms with Crippen LogP contribution in [0.2, 0.25) is 0 Å². The lowest BCUT2D eigenvalue weighted by atomic mass is 10.2. The van der Waals surface area contributed by atoms with Crippen LogP contribution in [0.5, 0.6) is 0 Å². The lowest BCUT2D eigenvalue weighted by molar-refractivity contribution is 0.581. The average molecular weight is 358 g/mol. The molecule has 1 aromatic carbocycles. The summed E-state index contributed by atoms with van der Waals surface area (Å²) in [6.45, 7) is 2.24. The van der Waals surface area contributed by atoms with Crippen molar-refractivity contribution >= 4 is 26.0 Å². The third-order valence-corrected chi connectivity index (χ3v) is 4.78. The highest BCUT2D eigenvalue weighted by Crippen LogP contribution is 2.16. The molecule has 5 nitrogen and oxygen atoms in total. The molecule has 1 aromatic heterocycles. The number of hydrogen-bond donors (Lipinski definition) is 1. The third-order valence-electron chi connectivity index (χ3n) is 2.89. The maximum atomic E-state index is 12.2. The lowest BCUT2D eigenvalue weighted by Gasteiger charge is -2.06. The molecule has 0 amide bonds. The van der Waals surface area contributed by atoms with Gasteiger partial charge in [-0.1, -0.05) is 28.9 Å². The zero-order valence-corrected chi connectivity index (χ0v) is 13.7. The van der Waals surface area contributed by atoms with Gasteiger partial charge in [-0.25, -0.2) is 13.1 Å². The molecule has 108 valence electrons. The van der Waals surface area contributed by atoms with Gasteiger partial charge in [-0.2, -0.15) is 5.10 Å². The van der Waals surface area contributed by atoms with Gasteiger partial charge in [0.25, 0.3) is 0 Å². The second-order valence-corrected chi connectivity index (χ2v) is 7.09. The van der Waals surface area contributed by atoms with Crippen molar-refractivity contribution in [3.05, 3.63) is 46.2 Å². The molecule has 0 saturated heterocycles. The molecule has 0 aliphatic carbocycles. The smallest absolute Gasteiger partial charge is 0.240 e. The molecule has 0 saturated carbocycles. The Balaban J connectivity index is 2.17. The van der Waals surface area contributed by atoms with E-state index in [0.717, 1.165) is 22.2 Å². The van der Waals surface area contributed by atoms with Crippen molar-refractivity contribution < 1.29 is 8.42 Å². The molecule has 2 rings (SSSR count). The minimum Gasteiger partial charge on any atom is -0.275 e. The van der Waals surface area contributed by atoms with Crippen molar-refractivity contribution in [3.63, 3.8) is 0 Å². The van der Waals surface area contributed by atoms with E-state index in [1.54, 1.807) is 28.9 Å². The molecule has 0 bridgehead atoms. The third kappa shape index (κ3) is 3.47. The summed E-state index contributed by atoms with van der Waals surface area (Å²) in [6.07, 6.45) is 2.61. The van der Waals surface area contributed by atoms with Gasteiger partial charge in [0.1, 0.15) is 0 Å². The number of nitrogens with zero attached hydrogens (tertiary/aromatic N) is 2. The first-order valence-electron chi connectivity index (χ1n) is 6.19. The molecular formula is C13H16BrN3O2S. The minimum atomic E-state index is -3.51. The molecule has 20 heavy (non-hydrogen) atoms. The fourth-order valence-corrected chi connectivity index (χ4v) is 3.52. The predicted molar refractivity (Wildman–Crippen MR) is 80.8 cm³/mol. The summed E-state index contributed by atoms with van der Waals surface area (Å²) in [6, 6.07) is 6.62. The Bertz CT molecular complexity index is 710. The highest BCUT2D eigenvalue weighted by atomic mass is 79.9. The maximum Gasteiger partial charge on any atom is 0.240 e. The summed E-state index contributed by atoms with van der Waals surface area (Å²) in [5.74, 6) is 0. The van der Waals surface area contributed by atoms with Crippen molar-refractivity contribution in [3.8, 4) is 0 Å². The van der Waals surface area contributed by atoms with E-state index >= 15 is 0 Å². The summed E-state index contributed by atoms with van der Waals surface area (Å²) in [7, 11) is -1.69. The Labute approximate surface area is 127 Å². The largest absolute Gasteiger partial charge is 0.275 e. The quantitative estimate of drug-likeness (QED) is 0.892. The minimum absolute atomic E-state index is 0.242. The Hall–Kier alpha value is -1.18. The maximum absolute atomic E-state index is 12.2. The fraction of sp³-hybridized carbons (Fsp3) is 0.308. The predicted octanol–water partition coefficient (Wildman–Crippen LogP) is 2.22. The van der Waals surface area contributed by atoms with Crippen LogP contribution in [-0.4, -0.2) is 18.2 Å². The van der Waals surface area contributed by atoms with Gasteiger partial charge in [-0.15, -0.1) is 0 Å². The molecule has 0 spiro atoms. The molecule has 0 aliphatic rings. The molecule has 2 aromatic rings. The normalized spacial score (nSPS) is 11.8. The molecular weight excluding hydrogens is 342 g/mol. The molecule has 1 N–H and O–H groups in total. The molecule has 0 atom stereocenters. The number of sulfonamides is 1. The number of hydrogen-bond acceptors (Lipinski definition) is 3. The zero-order chi connectivity index (χ0) is 14.8. The first kappa shape index (κ1) is 15.2. The van der Waals surface area contributed by atoms with E-state index in [4.69, 9.17) is 0 Å². The lowest BCUT2D eigenvalue weighted by Crippen LogP contribution is -2.23. The van der Waals surface area contributed by atoms with Crippen molar-refractivity contribution in [2.24, 2.45) is 7.05 Å². The number of benzene rings is 1. The summed E-state index contributed by atoms with van der Waals surface area (Å²) in [5, 5.41) is 4.29. The zero-order valence-electron chi connectivity index (χ0n) is 11.3. The summed E-state index contributed by atoms with van der Waals surface area (Å²) < 4.78 is 29.4. The van der Waals surface area contributed by atoms with Gasteiger partial charge < -0.3 is 0 Å². The number of aryl methyl sites for hydroxylation is 2. The van der Waals surface area contributed by atoms with Crippen molar-refractivity contribution in [2.75, 3.05) is 0 Å². The number of rotatable bonds is 5. The van der Waals surface area contributed by atoms with Crippen LogP contribution in [0.15, 0.2) is 39.8 Å². The molecule has 0 unspecified atom stereocenters. The SMILES string of the molecule is CCc1nn(C)cc1CNS(=O)(=O)c1cccc(Br)c1. The van der Waals surface area contributed by atoms with Gasteiger partial charge in [-0.3, -0.25) is 4.68 Å². The van der Waals surface area contributed by atoms with E-state index in [-0.39, 0.29) is 11.4 Å². The van der Waals surface area contributed by atoms with Crippen molar-refractivity contribution in [1.82, 2.24) is 14.5 Å². The Morgan fingerprint density at radius 2 is 2.15 bits per heavy atom. The van der Waals surface area contributed by atoms with Gasteiger partial charge in [0.15, 0.2) is 0 Å². The van der Waals surface area contributed by atoms with E-state index in [2.05, 4.69) is 25.8 Å². The van der Waals surface area contributed by atoms with Crippen LogP contribution in [0.4, 0.5) is 0 Å².